The molecule has 2 aromatic rings. The van der Waals surface area contributed by atoms with Crippen LogP contribution in [0.5, 0.6) is 0 Å². The van der Waals surface area contributed by atoms with Crippen molar-refractivity contribution in [2.24, 2.45) is 7.05 Å². The van der Waals surface area contributed by atoms with Gasteiger partial charge in [-0.1, -0.05) is 17.7 Å². The van der Waals surface area contributed by atoms with Gasteiger partial charge in [-0.05, 0) is 40.9 Å². The highest BCUT2D eigenvalue weighted by Gasteiger charge is 2.22. The van der Waals surface area contributed by atoms with Crippen LogP contribution in [0.15, 0.2) is 22.7 Å². The zero-order valence-corrected chi connectivity index (χ0v) is 12.0. The summed E-state index contributed by atoms with van der Waals surface area (Å²) in [6, 6.07) is 6.75. The second-order valence-electron chi connectivity index (χ2n) is 4.64. The number of nitrogens with zero attached hydrogens (tertiary/aromatic N) is 1. The Balaban J connectivity index is 2.03. The van der Waals surface area contributed by atoms with Crippen molar-refractivity contribution in [3.8, 4) is 0 Å². The summed E-state index contributed by atoms with van der Waals surface area (Å²) in [5, 5.41) is 5.56. The predicted octanol–water partition coefficient (Wildman–Crippen LogP) is 3.85. The number of rotatable bonds is 3. The van der Waals surface area contributed by atoms with Gasteiger partial charge < -0.3 is 9.88 Å². The molecule has 0 bridgehead atoms. The third-order valence-electron chi connectivity index (χ3n) is 3.35. The van der Waals surface area contributed by atoms with Crippen molar-refractivity contribution in [3.63, 3.8) is 0 Å². The molecule has 0 atom stereocenters. The fourth-order valence-corrected chi connectivity index (χ4v) is 3.05. The monoisotopic (exact) mass is 312 g/mol. The van der Waals surface area contributed by atoms with Crippen molar-refractivity contribution in [3.05, 3.63) is 33.4 Å². The molecule has 1 heterocycles. The minimum absolute atomic E-state index is 0.725. The molecule has 3 rings (SSSR count). The van der Waals surface area contributed by atoms with Gasteiger partial charge in [-0.15, -0.1) is 0 Å². The summed E-state index contributed by atoms with van der Waals surface area (Å²) in [6.07, 6.45) is 2.63. The maximum Gasteiger partial charge on any atom is 0.0507 e. The van der Waals surface area contributed by atoms with E-state index in [1.165, 1.54) is 33.9 Å². The van der Waals surface area contributed by atoms with E-state index in [1.54, 1.807) is 0 Å². The molecule has 1 aliphatic carbocycles. The number of aryl methyl sites for hydroxylation is 1. The highest BCUT2D eigenvalue weighted by molar-refractivity contribution is 9.10. The maximum absolute atomic E-state index is 6.05. The Morgan fingerprint density at radius 1 is 1.47 bits per heavy atom. The number of fused-ring (bicyclic) bond motifs is 1. The Bertz CT molecular complexity index is 572. The first-order valence-corrected chi connectivity index (χ1v) is 6.99. The Kier molecular flexibility index (Phi) is 2.93. The molecule has 1 aromatic heterocycles. The molecule has 1 N–H and O–H groups in total. The Hall–Kier alpha value is -0.510. The first-order chi connectivity index (χ1) is 8.16. The van der Waals surface area contributed by atoms with E-state index in [0.717, 1.165) is 17.6 Å². The summed E-state index contributed by atoms with van der Waals surface area (Å²) in [6.45, 7) is 0.911. The number of nitrogens with one attached hydrogen (secondary N) is 1. The number of benzene rings is 1. The lowest BCUT2D eigenvalue weighted by Crippen LogP contribution is -2.17. The molecule has 1 aromatic carbocycles. The Morgan fingerprint density at radius 3 is 2.94 bits per heavy atom. The number of hydrogen-bond acceptors (Lipinski definition) is 1. The molecule has 17 heavy (non-hydrogen) atoms. The smallest absolute Gasteiger partial charge is 0.0507 e. The normalized spacial score (nSPS) is 15.7. The van der Waals surface area contributed by atoms with Gasteiger partial charge in [0.05, 0.1) is 5.52 Å². The molecule has 0 radical (unpaired) electrons. The fourth-order valence-electron chi connectivity index (χ4n) is 2.14. The van der Waals surface area contributed by atoms with Crippen LogP contribution in [0.4, 0.5) is 0 Å². The van der Waals surface area contributed by atoms with E-state index in [2.05, 4.69) is 38.9 Å². The van der Waals surface area contributed by atoms with Gasteiger partial charge in [-0.2, -0.15) is 0 Å². The molecule has 4 heteroatoms. The van der Waals surface area contributed by atoms with Crippen LogP contribution >= 0.6 is 27.5 Å². The van der Waals surface area contributed by atoms with Gasteiger partial charge in [0.15, 0.2) is 0 Å². The van der Waals surface area contributed by atoms with Crippen LogP contribution in [0, 0.1) is 0 Å². The van der Waals surface area contributed by atoms with Gasteiger partial charge in [0.1, 0.15) is 0 Å². The minimum Gasteiger partial charge on any atom is -0.345 e. The quantitative estimate of drug-likeness (QED) is 0.911. The molecule has 0 aliphatic heterocycles. The number of aromatic nitrogens is 1. The molecule has 0 spiro atoms. The summed E-state index contributed by atoms with van der Waals surface area (Å²) in [5.41, 5.74) is 2.46. The van der Waals surface area contributed by atoms with Gasteiger partial charge >= 0.3 is 0 Å². The van der Waals surface area contributed by atoms with Crippen LogP contribution in [0.1, 0.15) is 18.5 Å². The molecule has 90 valence electrons. The fraction of sp³-hybridized carbons (Fsp3) is 0.385. The summed E-state index contributed by atoms with van der Waals surface area (Å²) in [4.78, 5) is 0. The molecule has 1 saturated carbocycles. The largest absolute Gasteiger partial charge is 0.345 e. The van der Waals surface area contributed by atoms with Crippen LogP contribution in [-0.2, 0) is 13.6 Å². The zero-order chi connectivity index (χ0) is 12.0. The van der Waals surface area contributed by atoms with Crippen molar-refractivity contribution in [1.29, 1.82) is 0 Å². The lowest BCUT2D eigenvalue weighted by Gasteiger charge is -2.06. The predicted molar refractivity (Wildman–Crippen MR) is 75.5 cm³/mol. The van der Waals surface area contributed by atoms with Crippen LogP contribution in [-0.4, -0.2) is 10.6 Å². The van der Waals surface area contributed by atoms with Crippen molar-refractivity contribution in [2.75, 3.05) is 0 Å². The van der Waals surface area contributed by atoms with Gasteiger partial charge in [0, 0.05) is 40.2 Å². The van der Waals surface area contributed by atoms with Crippen molar-refractivity contribution in [2.45, 2.75) is 25.4 Å². The Labute approximate surface area is 114 Å². The summed E-state index contributed by atoms with van der Waals surface area (Å²) < 4.78 is 3.39. The summed E-state index contributed by atoms with van der Waals surface area (Å²) >= 11 is 9.74. The first kappa shape index (κ1) is 11.6. The van der Waals surface area contributed by atoms with Crippen molar-refractivity contribution in [1.82, 2.24) is 9.88 Å². The standard InChI is InChI=1S/C13H14BrClN2/c1-17-11-6-8(15)2-5-10(11)13(14)12(17)7-16-9-3-4-9/h2,5-6,9,16H,3-4,7H2,1H3. The molecule has 1 aliphatic rings. The average molecular weight is 314 g/mol. The van der Waals surface area contributed by atoms with Crippen molar-refractivity contribution >= 4 is 38.4 Å². The van der Waals surface area contributed by atoms with Crippen LogP contribution in [0.25, 0.3) is 10.9 Å². The van der Waals surface area contributed by atoms with Crippen LogP contribution in [0.3, 0.4) is 0 Å². The third-order valence-corrected chi connectivity index (χ3v) is 4.47. The Morgan fingerprint density at radius 2 is 2.24 bits per heavy atom. The van der Waals surface area contributed by atoms with Crippen LogP contribution in [0.2, 0.25) is 5.02 Å². The van der Waals surface area contributed by atoms with Crippen molar-refractivity contribution < 1.29 is 0 Å². The van der Waals surface area contributed by atoms with E-state index in [1.807, 2.05) is 12.1 Å². The average Bonchev–Trinajstić information content (AvgIpc) is 3.09. The van der Waals surface area contributed by atoms with Gasteiger partial charge in [-0.3, -0.25) is 0 Å². The van der Waals surface area contributed by atoms with Crippen LogP contribution < -0.4 is 5.32 Å². The van der Waals surface area contributed by atoms with Gasteiger partial charge in [0.2, 0.25) is 0 Å². The molecule has 0 saturated heterocycles. The lowest BCUT2D eigenvalue weighted by molar-refractivity contribution is 0.653. The molecule has 0 amide bonds. The van der Waals surface area contributed by atoms with E-state index in [9.17, 15) is 0 Å². The third kappa shape index (κ3) is 2.12. The van der Waals surface area contributed by atoms with E-state index in [0.29, 0.717) is 0 Å². The van der Waals surface area contributed by atoms with E-state index >= 15 is 0 Å². The minimum atomic E-state index is 0.725. The topological polar surface area (TPSA) is 17.0 Å². The number of hydrogen-bond donors (Lipinski definition) is 1. The second kappa shape index (κ2) is 4.30. The maximum atomic E-state index is 6.05. The molecular weight excluding hydrogens is 300 g/mol. The molecule has 0 unspecified atom stereocenters. The molecule has 2 nitrogen and oxygen atoms in total. The zero-order valence-electron chi connectivity index (χ0n) is 9.63. The highest BCUT2D eigenvalue weighted by Crippen LogP contribution is 2.32. The van der Waals surface area contributed by atoms with Gasteiger partial charge in [0.25, 0.3) is 0 Å². The summed E-state index contributed by atoms with van der Waals surface area (Å²) in [7, 11) is 2.09. The highest BCUT2D eigenvalue weighted by atomic mass is 79.9. The SMILES string of the molecule is Cn1c(CNC2CC2)c(Br)c2ccc(Cl)cc21. The van der Waals surface area contributed by atoms with Gasteiger partial charge in [-0.25, -0.2) is 0 Å². The van der Waals surface area contributed by atoms with E-state index < -0.39 is 0 Å². The van der Waals surface area contributed by atoms with E-state index in [4.69, 9.17) is 11.6 Å². The first-order valence-electron chi connectivity index (χ1n) is 5.82. The van der Waals surface area contributed by atoms with E-state index in [-0.39, 0.29) is 0 Å². The lowest BCUT2D eigenvalue weighted by atomic mass is 10.2. The number of halogens is 2. The second-order valence-corrected chi connectivity index (χ2v) is 5.87. The summed E-state index contributed by atoms with van der Waals surface area (Å²) in [5.74, 6) is 0. The molecular formula is C13H14BrClN2. The molecule has 1 fully saturated rings.